The molecule has 0 saturated carbocycles. The van der Waals surface area contributed by atoms with Crippen molar-refractivity contribution in [3.63, 3.8) is 0 Å². The number of para-hydroxylation sites is 1. The number of ether oxygens (including phenoxy) is 1. The predicted octanol–water partition coefficient (Wildman–Crippen LogP) is 3.91. The van der Waals surface area contributed by atoms with Crippen LogP contribution in [0.2, 0.25) is 0 Å². The lowest BCUT2D eigenvalue weighted by molar-refractivity contribution is -0.132. The number of rotatable bonds is 5. The van der Waals surface area contributed by atoms with Crippen LogP contribution in [0.5, 0.6) is 11.5 Å². The minimum Gasteiger partial charge on any atom is -0.457 e. The molecule has 1 atom stereocenters. The van der Waals surface area contributed by atoms with Crippen LogP contribution in [0.15, 0.2) is 67.1 Å². The van der Waals surface area contributed by atoms with Gasteiger partial charge in [0.2, 0.25) is 0 Å². The zero-order valence-electron chi connectivity index (χ0n) is 17.6. The van der Waals surface area contributed by atoms with E-state index in [1.54, 1.807) is 18.0 Å². The van der Waals surface area contributed by atoms with Gasteiger partial charge in [0.25, 0.3) is 5.91 Å². The summed E-state index contributed by atoms with van der Waals surface area (Å²) in [6, 6.07) is 17.5. The van der Waals surface area contributed by atoms with Crippen LogP contribution >= 0.6 is 0 Å². The van der Waals surface area contributed by atoms with E-state index in [0.717, 1.165) is 46.8 Å². The summed E-state index contributed by atoms with van der Waals surface area (Å²) in [6.07, 6.45) is 4.22. The lowest BCUT2D eigenvalue weighted by Crippen LogP contribution is -2.52. The fourth-order valence-electron chi connectivity index (χ4n) is 3.84. The van der Waals surface area contributed by atoms with E-state index in [1.165, 1.54) is 6.33 Å². The van der Waals surface area contributed by atoms with E-state index >= 15 is 0 Å². The van der Waals surface area contributed by atoms with Gasteiger partial charge < -0.3 is 9.64 Å². The number of aromatic nitrogens is 4. The van der Waals surface area contributed by atoms with E-state index in [1.807, 2.05) is 59.3 Å². The smallest absolute Gasteiger partial charge is 0.298 e. The summed E-state index contributed by atoms with van der Waals surface area (Å²) in [7, 11) is 0. The number of amides is 1. The van der Waals surface area contributed by atoms with Crippen LogP contribution < -0.4 is 4.74 Å². The van der Waals surface area contributed by atoms with Crippen molar-refractivity contribution in [2.75, 3.05) is 6.54 Å². The zero-order chi connectivity index (χ0) is 21.9. The van der Waals surface area contributed by atoms with Crippen LogP contribution in [0.4, 0.5) is 0 Å². The second kappa shape index (κ2) is 8.52. The minimum absolute atomic E-state index is 0.0657. The Kier molecular flexibility index (Phi) is 5.26. The molecule has 32 heavy (non-hydrogen) atoms. The third kappa shape index (κ3) is 3.79. The first-order chi connectivity index (χ1) is 15.7. The average Bonchev–Trinajstić information content (AvgIpc) is 3.17. The van der Waals surface area contributed by atoms with E-state index < -0.39 is 0 Å². The molecule has 2 aromatic heterocycles. The molecule has 2 aromatic carbocycles. The van der Waals surface area contributed by atoms with Crippen molar-refractivity contribution in [2.24, 2.45) is 0 Å². The molecule has 1 saturated heterocycles. The van der Waals surface area contributed by atoms with Gasteiger partial charge in [0.15, 0.2) is 5.65 Å². The van der Waals surface area contributed by atoms with E-state index in [9.17, 15) is 4.79 Å². The average molecular weight is 423 g/mol. The van der Waals surface area contributed by atoms with Gasteiger partial charge in [0.1, 0.15) is 23.5 Å². The Morgan fingerprint density at radius 1 is 1.12 bits per heavy atom. The molecule has 0 N–H and O–H groups in total. The summed E-state index contributed by atoms with van der Waals surface area (Å²) >= 11 is 0. The molecule has 7 heteroatoms. The fourth-order valence-corrected chi connectivity index (χ4v) is 3.84. The Morgan fingerprint density at radius 3 is 2.62 bits per heavy atom. The highest BCUT2D eigenvalue weighted by atomic mass is 16.5. The van der Waals surface area contributed by atoms with Crippen molar-refractivity contribution >= 4 is 16.9 Å². The highest BCUT2D eigenvalue weighted by Gasteiger charge is 2.32. The number of benzene rings is 2. The molecule has 1 amide bonds. The maximum atomic E-state index is 12.2. The summed E-state index contributed by atoms with van der Waals surface area (Å²) in [5.41, 5.74) is 2.50. The molecule has 0 bridgehead atoms. The topological polar surface area (TPSA) is 73.1 Å². The number of nitrogens with zero attached hydrogens (tertiary/aromatic N) is 5. The molecule has 4 aromatic rings. The van der Waals surface area contributed by atoms with E-state index in [4.69, 9.17) is 9.84 Å². The van der Waals surface area contributed by atoms with E-state index in [0.29, 0.717) is 6.54 Å². The highest BCUT2D eigenvalue weighted by molar-refractivity contribution is 5.94. The lowest BCUT2D eigenvalue weighted by Gasteiger charge is -2.39. The Morgan fingerprint density at radius 2 is 1.91 bits per heavy atom. The number of hydrogen-bond donors (Lipinski definition) is 0. The van der Waals surface area contributed by atoms with Gasteiger partial charge in [0, 0.05) is 18.3 Å². The molecular weight excluding hydrogens is 402 g/mol. The van der Waals surface area contributed by atoms with E-state index in [2.05, 4.69) is 21.8 Å². The Hall–Kier alpha value is -4.18. The molecule has 0 radical (unpaired) electrons. The van der Waals surface area contributed by atoms with Gasteiger partial charge in [0.05, 0.1) is 18.0 Å². The summed E-state index contributed by atoms with van der Waals surface area (Å²) in [5.74, 6) is 6.71. The first kappa shape index (κ1) is 19.8. The fraction of sp³-hybridized carbons (Fsp3) is 0.200. The maximum Gasteiger partial charge on any atom is 0.298 e. The number of likely N-dealkylation sites (tertiary alicyclic amines) is 1. The lowest BCUT2D eigenvalue weighted by atomic mass is 10.0. The number of carbonyl (C=O) groups is 1. The van der Waals surface area contributed by atoms with Gasteiger partial charge in [-0.3, -0.25) is 4.79 Å². The second-order valence-electron chi connectivity index (χ2n) is 7.55. The standard InChI is InChI=1S/C25H21N5O2/c1-2-6-23(31)29-14-13-19(29)16-30-25-22(15-26-17-27-25)24(28-30)18-9-11-21(12-10-18)32-20-7-4-3-5-8-20/h3-5,7-12,15,17,19H,13-14,16H2,1H3. The molecule has 1 fully saturated rings. The number of fused-ring (bicyclic) bond motifs is 1. The van der Waals surface area contributed by atoms with Crippen molar-refractivity contribution in [1.82, 2.24) is 24.6 Å². The minimum atomic E-state index is -0.135. The largest absolute Gasteiger partial charge is 0.457 e. The molecule has 1 aliphatic rings. The third-order valence-corrected chi connectivity index (χ3v) is 5.54. The predicted molar refractivity (Wildman–Crippen MR) is 121 cm³/mol. The molecular formula is C25H21N5O2. The van der Waals surface area contributed by atoms with Gasteiger partial charge in [-0.05, 0) is 55.7 Å². The summed E-state index contributed by atoms with van der Waals surface area (Å²) in [4.78, 5) is 22.6. The van der Waals surface area contributed by atoms with Crippen molar-refractivity contribution < 1.29 is 9.53 Å². The highest BCUT2D eigenvalue weighted by Crippen LogP contribution is 2.30. The Labute approximate surface area is 185 Å². The number of hydrogen-bond acceptors (Lipinski definition) is 5. The van der Waals surface area contributed by atoms with Crippen LogP contribution in [0, 0.1) is 11.8 Å². The molecule has 0 spiro atoms. The molecule has 5 rings (SSSR count). The van der Waals surface area contributed by atoms with Gasteiger partial charge in [-0.1, -0.05) is 24.1 Å². The van der Waals surface area contributed by atoms with Crippen LogP contribution in [0.1, 0.15) is 13.3 Å². The Bertz CT molecular complexity index is 1320. The SMILES string of the molecule is CC#CC(=O)N1CCC1Cn1nc(-c2ccc(Oc3ccccc3)cc2)c2cncnc21. The Balaban J connectivity index is 1.41. The van der Waals surface area contributed by atoms with E-state index in [-0.39, 0.29) is 11.9 Å². The van der Waals surface area contributed by atoms with Gasteiger partial charge in [-0.25, -0.2) is 14.6 Å². The molecule has 1 aliphatic heterocycles. The first-order valence-corrected chi connectivity index (χ1v) is 10.5. The van der Waals surface area contributed by atoms with Crippen LogP contribution in [-0.2, 0) is 11.3 Å². The van der Waals surface area contributed by atoms with Gasteiger partial charge in [-0.2, -0.15) is 5.10 Å². The molecule has 158 valence electrons. The zero-order valence-corrected chi connectivity index (χ0v) is 17.6. The van der Waals surface area contributed by atoms with Crippen LogP contribution in [-0.4, -0.2) is 43.1 Å². The quantitative estimate of drug-likeness (QED) is 0.455. The molecule has 3 heterocycles. The summed E-state index contributed by atoms with van der Waals surface area (Å²) < 4.78 is 7.76. The normalized spacial score (nSPS) is 15.0. The van der Waals surface area contributed by atoms with Crippen LogP contribution in [0.25, 0.3) is 22.3 Å². The summed E-state index contributed by atoms with van der Waals surface area (Å²) in [5, 5.41) is 5.70. The second-order valence-corrected chi connectivity index (χ2v) is 7.55. The van der Waals surface area contributed by atoms with Crippen molar-refractivity contribution in [1.29, 1.82) is 0 Å². The van der Waals surface area contributed by atoms with Crippen molar-refractivity contribution in [2.45, 2.75) is 25.9 Å². The van der Waals surface area contributed by atoms with Crippen LogP contribution in [0.3, 0.4) is 0 Å². The third-order valence-electron chi connectivity index (χ3n) is 5.54. The molecule has 1 unspecified atom stereocenters. The van der Waals surface area contributed by atoms with Gasteiger partial charge >= 0.3 is 0 Å². The first-order valence-electron chi connectivity index (χ1n) is 10.5. The van der Waals surface area contributed by atoms with Crippen molar-refractivity contribution in [3.8, 4) is 34.6 Å². The monoisotopic (exact) mass is 423 g/mol. The van der Waals surface area contributed by atoms with Crippen molar-refractivity contribution in [3.05, 3.63) is 67.1 Å². The maximum absolute atomic E-state index is 12.2. The summed E-state index contributed by atoms with van der Waals surface area (Å²) in [6.45, 7) is 2.97. The number of carbonyl (C=O) groups excluding carboxylic acids is 1. The van der Waals surface area contributed by atoms with Gasteiger partial charge in [-0.15, -0.1) is 0 Å². The molecule has 0 aliphatic carbocycles. The molecule has 7 nitrogen and oxygen atoms in total.